The Morgan fingerprint density at radius 3 is 2.68 bits per heavy atom. The van der Waals surface area contributed by atoms with Crippen molar-refractivity contribution in [1.29, 1.82) is 0 Å². The molecule has 0 saturated carbocycles. The van der Waals surface area contributed by atoms with Gasteiger partial charge in [-0.15, -0.1) is 0 Å². The van der Waals surface area contributed by atoms with Crippen LogP contribution in [0.1, 0.15) is 23.1 Å². The molecule has 1 aromatic heterocycles. The minimum atomic E-state index is -0.652. The minimum Gasteiger partial charge on any atom is -0.449 e. The molecule has 2 amide bonds. The lowest BCUT2D eigenvalue weighted by atomic mass is 10.3. The van der Waals surface area contributed by atoms with Gasteiger partial charge in [0.1, 0.15) is 0 Å². The Hall–Kier alpha value is -2.74. The number of nitrogens with one attached hydrogen (secondary N) is 2. The quantitative estimate of drug-likeness (QED) is 0.850. The molecule has 0 radical (unpaired) electrons. The zero-order chi connectivity index (χ0) is 18.6. The molecule has 0 bridgehead atoms. The number of aromatic nitrogens is 2. The number of nitrogens with zero attached hydrogens (tertiary/aromatic N) is 3. The molecular formula is C16H20ClN5O3. The number of rotatable bonds is 5. The highest BCUT2D eigenvalue weighted by Crippen LogP contribution is 2.22. The van der Waals surface area contributed by atoms with Crippen molar-refractivity contribution >= 4 is 35.2 Å². The lowest BCUT2D eigenvalue weighted by molar-refractivity contribution is 0.0821. The summed E-state index contributed by atoms with van der Waals surface area (Å²) >= 11 is 5.99. The van der Waals surface area contributed by atoms with E-state index < -0.39 is 6.09 Å². The predicted molar refractivity (Wildman–Crippen MR) is 96.1 cm³/mol. The van der Waals surface area contributed by atoms with Crippen molar-refractivity contribution in [3.63, 3.8) is 0 Å². The number of hydrogen-bond donors (Lipinski definition) is 2. The van der Waals surface area contributed by atoms with Gasteiger partial charge >= 0.3 is 6.09 Å². The van der Waals surface area contributed by atoms with E-state index >= 15 is 0 Å². The maximum Gasteiger partial charge on any atom is 0.426 e. The molecule has 0 aliphatic heterocycles. The number of ether oxygens (including phenoxy) is 1. The summed E-state index contributed by atoms with van der Waals surface area (Å²) in [5.41, 5.74) is 3.90. The van der Waals surface area contributed by atoms with Gasteiger partial charge in [0.05, 0.1) is 12.3 Å². The smallest absolute Gasteiger partial charge is 0.426 e. The second-order valence-corrected chi connectivity index (χ2v) is 5.81. The molecule has 0 saturated heterocycles. The largest absolute Gasteiger partial charge is 0.449 e. The molecule has 1 aromatic carbocycles. The minimum absolute atomic E-state index is 0.214. The zero-order valence-electron chi connectivity index (χ0n) is 14.5. The molecule has 0 unspecified atom stereocenters. The maximum atomic E-state index is 12.3. The molecule has 1 heterocycles. The number of imidazole rings is 1. The molecule has 0 aliphatic rings. The lowest BCUT2D eigenvalue weighted by Gasteiger charge is -2.13. The topological polar surface area (TPSA) is 88.5 Å². The average molecular weight is 366 g/mol. The monoisotopic (exact) mass is 365 g/mol. The molecule has 2 aromatic rings. The number of anilines is 2. The molecule has 2 N–H and O–H groups in total. The Morgan fingerprint density at radius 2 is 2.08 bits per heavy atom. The Labute approximate surface area is 150 Å². The van der Waals surface area contributed by atoms with Crippen LogP contribution in [0.25, 0.3) is 0 Å². The number of amides is 2. The van der Waals surface area contributed by atoms with Gasteiger partial charge in [0.15, 0.2) is 5.69 Å². The maximum absolute atomic E-state index is 12.3. The first-order valence-corrected chi connectivity index (χ1v) is 7.98. The van der Waals surface area contributed by atoms with Crippen molar-refractivity contribution in [2.24, 2.45) is 0 Å². The summed E-state index contributed by atoms with van der Waals surface area (Å²) in [6.07, 6.45) is -0.652. The highest BCUT2D eigenvalue weighted by Gasteiger charge is 2.22. The lowest BCUT2D eigenvalue weighted by Crippen LogP contribution is -2.27. The van der Waals surface area contributed by atoms with Crippen LogP contribution in [-0.4, -0.2) is 47.3 Å². The van der Waals surface area contributed by atoms with Crippen LogP contribution in [0, 0.1) is 6.92 Å². The summed E-state index contributed by atoms with van der Waals surface area (Å²) in [5.74, 6) is -0.0194. The van der Waals surface area contributed by atoms with Gasteiger partial charge in [0, 0.05) is 24.8 Å². The van der Waals surface area contributed by atoms with E-state index in [0.717, 1.165) is 0 Å². The zero-order valence-corrected chi connectivity index (χ0v) is 15.2. The van der Waals surface area contributed by atoms with Crippen molar-refractivity contribution in [2.75, 3.05) is 31.4 Å². The first kappa shape index (κ1) is 18.6. The Bertz CT molecular complexity index is 788. The van der Waals surface area contributed by atoms with Gasteiger partial charge in [-0.3, -0.25) is 4.79 Å². The highest BCUT2D eigenvalue weighted by molar-refractivity contribution is 6.30. The Balaban J connectivity index is 2.42. The SMILES string of the molecule is CCOC(=O)Nn1c(Nc2cccc(Cl)c2)nc(C(=O)N(C)C)c1C. The molecule has 0 spiro atoms. The molecule has 0 aliphatic carbocycles. The summed E-state index contributed by atoms with van der Waals surface area (Å²) in [5, 5.41) is 3.59. The van der Waals surface area contributed by atoms with Gasteiger partial charge in [0.25, 0.3) is 5.91 Å². The average Bonchev–Trinajstić information content (AvgIpc) is 2.83. The molecule has 9 heteroatoms. The third-order valence-corrected chi connectivity index (χ3v) is 3.51. The predicted octanol–water partition coefficient (Wildman–Crippen LogP) is 2.99. The van der Waals surface area contributed by atoms with Crippen molar-refractivity contribution in [3.05, 3.63) is 40.7 Å². The molecular weight excluding hydrogens is 346 g/mol. The number of halogens is 1. The number of benzene rings is 1. The fraction of sp³-hybridized carbons (Fsp3) is 0.312. The molecule has 134 valence electrons. The number of carbonyl (C=O) groups is 2. The highest BCUT2D eigenvalue weighted by atomic mass is 35.5. The van der Waals surface area contributed by atoms with E-state index in [1.807, 2.05) is 0 Å². The van der Waals surface area contributed by atoms with Crippen LogP contribution in [0.15, 0.2) is 24.3 Å². The van der Waals surface area contributed by atoms with Crippen LogP contribution in [-0.2, 0) is 4.74 Å². The van der Waals surface area contributed by atoms with Crippen molar-refractivity contribution < 1.29 is 14.3 Å². The summed E-state index contributed by atoms with van der Waals surface area (Å²) < 4.78 is 6.27. The Morgan fingerprint density at radius 1 is 1.36 bits per heavy atom. The van der Waals surface area contributed by atoms with E-state index in [9.17, 15) is 9.59 Å². The van der Waals surface area contributed by atoms with E-state index in [1.54, 1.807) is 52.2 Å². The summed E-state index contributed by atoms with van der Waals surface area (Å²) in [4.78, 5) is 29.8. The Kier molecular flexibility index (Phi) is 5.87. The van der Waals surface area contributed by atoms with Crippen molar-refractivity contribution in [1.82, 2.24) is 14.6 Å². The molecule has 2 rings (SSSR count). The van der Waals surface area contributed by atoms with Gasteiger partial charge < -0.3 is 15.0 Å². The fourth-order valence-electron chi connectivity index (χ4n) is 2.09. The summed E-state index contributed by atoms with van der Waals surface area (Å²) in [7, 11) is 3.26. The van der Waals surface area contributed by atoms with Gasteiger partial charge in [0.2, 0.25) is 5.95 Å². The van der Waals surface area contributed by atoms with Crippen LogP contribution < -0.4 is 10.7 Å². The van der Waals surface area contributed by atoms with Gasteiger partial charge in [-0.1, -0.05) is 17.7 Å². The van der Waals surface area contributed by atoms with Crippen molar-refractivity contribution in [3.8, 4) is 0 Å². The van der Waals surface area contributed by atoms with E-state index in [-0.39, 0.29) is 24.2 Å². The first-order chi connectivity index (χ1) is 11.8. The third kappa shape index (κ3) is 4.42. The summed E-state index contributed by atoms with van der Waals surface area (Å²) in [6.45, 7) is 3.60. The van der Waals surface area contributed by atoms with Crippen molar-refractivity contribution in [2.45, 2.75) is 13.8 Å². The third-order valence-electron chi connectivity index (χ3n) is 3.28. The standard InChI is InChI=1S/C16H20ClN5O3/c1-5-25-16(24)20-22-10(2)13(14(23)21(3)4)19-15(22)18-12-8-6-7-11(17)9-12/h6-9H,5H2,1-4H3,(H,18,19)(H,20,24). The molecule has 0 atom stereocenters. The van der Waals surface area contributed by atoms with Crippen LogP contribution in [0.3, 0.4) is 0 Å². The van der Waals surface area contributed by atoms with Gasteiger partial charge in [-0.2, -0.15) is 0 Å². The van der Waals surface area contributed by atoms with E-state index in [1.165, 1.54) is 9.58 Å². The number of carbonyl (C=O) groups excluding carboxylic acids is 2. The van der Waals surface area contributed by atoms with Crippen LogP contribution in [0.2, 0.25) is 5.02 Å². The van der Waals surface area contributed by atoms with E-state index in [0.29, 0.717) is 16.4 Å². The van der Waals surface area contributed by atoms with Crippen LogP contribution in [0.5, 0.6) is 0 Å². The molecule has 8 nitrogen and oxygen atoms in total. The molecule has 0 fully saturated rings. The van der Waals surface area contributed by atoms with E-state index in [2.05, 4.69) is 15.7 Å². The normalized spacial score (nSPS) is 10.3. The molecule has 25 heavy (non-hydrogen) atoms. The second-order valence-electron chi connectivity index (χ2n) is 5.37. The van der Waals surface area contributed by atoms with Gasteiger partial charge in [-0.25, -0.2) is 19.9 Å². The second kappa shape index (κ2) is 7.89. The number of hydrogen-bond acceptors (Lipinski definition) is 5. The van der Waals surface area contributed by atoms with Crippen LogP contribution in [0.4, 0.5) is 16.4 Å². The first-order valence-electron chi connectivity index (χ1n) is 7.60. The summed E-state index contributed by atoms with van der Waals surface area (Å²) in [6, 6.07) is 7.00. The van der Waals surface area contributed by atoms with E-state index in [4.69, 9.17) is 16.3 Å². The van der Waals surface area contributed by atoms with Crippen LogP contribution >= 0.6 is 11.6 Å². The fourth-order valence-corrected chi connectivity index (χ4v) is 2.28. The van der Waals surface area contributed by atoms with Gasteiger partial charge in [-0.05, 0) is 32.0 Å².